The third-order valence-corrected chi connectivity index (χ3v) is 2.28. The molecule has 0 unspecified atom stereocenters. The van der Waals surface area contributed by atoms with Gasteiger partial charge in [0.05, 0.1) is 4.92 Å². The van der Waals surface area contributed by atoms with E-state index in [4.69, 9.17) is 0 Å². The summed E-state index contributed by atoms with van der Waals surface area (Å²) in [6.07, 6.45) is 0. The summed E-state index contributed by atoms with van der Waals surface area (Å²) < 4.78 is 0. The largest absolute Gasteiger partial charge is 0.320 e. The van der Waals surface area contributed by atoms with Crippen LogP contribution >= 0.6 is 0 Å². The molecule has 0 saturated heterocycles. The van der Waals surface area contributed by atoms with Crippen LogP contribution in [0.5, 0.6) is 0 Å². The lowest BCUT2D eigenvalue weighted by Gasteiger charge is -2.17. The van der Waals surface area contributed by atoms with Crippen LogP contribution in [0.2, 0.25) is 0 Å². The van der Waals surface area contributed by atoms with Crippen molar-refractivity contribution in [2.24, 2.45) is 5.41 Å². The number of aryl methyl sites for hydroxylation is 1. The number of benzene rings is 1. The van der Waals surface area contributed by atoms with Crippen molar-refractivity contribution in [1.29, 1.82) is 0 Å². The summed E-state index contributed by atoms with van der Waals surface area (Å²) >= 11 is 0. The van der Waals surface area contributed by atoms with Gasteiger partial charge < -0.3 is 5.32 Å². The Kier molecular flexibility index (Phi) is 3.50. The number of nitro groups is 1. The van der Waals surface area contributed by atoms with Crippen LogP contribution in [0.3, 0.4) is 0 Å². The quantitative estimate of drug-likeness (QED) is 0.633. The molecule has 1 amide bonds. The van der Waals surface area contributed by atoms with Gasteiger partial charge >= 0.3 is 0 Å². The lowest BCUT2D eigenvalue weighted by Crippen LogP contribution is -2.27. The molecule has 0 atom stereocenters. The van der Waals surface area contributed by atoms with Crippen LogP contribution in [-0.2, 0) is 4.79 Å². The third-order valence-electron chi connectivity index (χ3n) is 2.28. The van der Waals surface area contributed by atoms with Crippen LogP contribution in [0.4, 0.5) is 11.4 Å². The Hall–Kier alpha value is -1.91. The molecule has 0 bridgehead atoms. The standard InChI is InChI=1S/C12H16N2O3/c1-8-5-6-10(14(16)17)9(7-8)13-11(15)12(2,3)4/h5-7H,1-4H3,(H,13,15). The maximum atomic E-state index is 11.8. The number of nitrogens with one attached hydrogen (secondary N) is 1. The van der Waals surface area contributed by atoms with E-state index in [1.165, 1.54) is 6.07 Å². The van der Waals surface area contributed by atoms with Crippen molar-refractivity contribution in [3.05, 3.63) is 33.9 Å². The minimum atomic E-state index is -0.586. The summed E-state index contributed by atoms with van der Waals surface area (Å²) in [5.74, 6) is -0.244. The Morgan fingerprint density at radius 3 is 2.41 bits per heavy atom. The zero-order valence-corrected chi connectivity index (χ0v) is 10.4. The Morgan fingerprint density at radius 1 is 1.35 bits per heavy atom. The van der Waals surface area contributed by atoms with Crippen molar-refractivity contribution in [2.45, 2.75) is 27.7 Å². The topological polar surface area (TPSA) is 72.2 Å². The molecule has 0 spiro atoms. The van der Waals surface area contributed by atoms with Crippen molar-refractivity contribution >= 4 is 17.3 Å². The molecule has 17 heavy (non-hydrogen) atoms. The van der Waals surface area contributed by atoms with Crippen molar-refractivity contribution in [3.63, 3.8) is 0 Å². The Morgan fingerprint density at radius 2 is 1.94 bits per heavy atom. The monoisotopic (exact) mass is 236 g/mol. The average Bonchev–Trinajstić information content (AvgIpc) is 2.15. The zero-order valence-electron chi connectivity index (χ0n) is 10.4. The predicted octanol–water partition coefficient (Wildman–Crippen LogP) is 2.89. The number of nitro benzene ring substituents is 1. The fraction of sp³-hybridized carbons (Fsp3) is 0.417. The van der Waals surface area contributed by atoms with E-state index in [-0.39, 0.29) is 17.3 Å². The van der Waals surface area contributed by atoms with E-state index in [0.717, 1.165) is 5.56 Å². The summed E-state index contributed by atoms with van der Waals surface area (Å²) in [6.45, 7) is 7.08. The molecule has 1 N–H and O–H groups in total. The SMILES string of the molecule is Cc1ccc([N+](=O)[O-])c(NC(=O)C(C)(C)C)c1. The summed E-state index contributed by atoms with van der Waals surface area (Å²) in [7, 11) is 0. The van der Waals surface area contributed by atoms with Gasteiger partial charge in [0.15, 0.2) is 0 Å². The van der Waals surface area contributed by atoms with E-state index in [9.17, 15) is 14.9 Å². The van der Waals surface area contributed by atoms with Crippen LogP contribution in [0.25, 0.3) is 0 Å². The third kappa shape index (κ3) is 3.27. The van der Waals surface area contributed by atoms with Gasteiger partial charge in [0.1, 0.15) is 5.69 Å². The number of hydrogen-bond donors (Lipinski definition) is 1. The second-order valence-corrected chi connectivity index (χ2v) is 4.98. The molecule has 0 fully saturated rings. The average molecular weight is 236 g/mol. The number of amides is 1. The fourth-order valence-corrected chi connectivity index (χ4v) is 1.22. The van der Waals surface area contributed by atoms with Gasteiger partial charge in [-0.25, -0.2) is 0 Å². The second kappa shape index (κ2) is 4.53. The molecule has 0 aliphatic carbocycles. The molecule has 5 heteroatoms. The van der Waals surface area contributed by atoms with Crippen molar-refractivity contribution in [2.75, 3.05) is 5.32 Å². The van der Waals surface area contributed by atoms with Crippen LogP contribution in [0.1, 0.15) is 26.3 Å². The van der Waals surface area contributed by atoms with Crippen LogP contribution in [0, 0.1) is 22.5 Å². The molecule has 0 saturated carbocycles. The highest BCUT2D eigenvalue weighted by Crippen LogP contribution is 2.27. The molecule has 0 aliphatic rings. The Balaban J connectivity index is 3.09. The maximum Gasteiger partial charge on any atom is 0.292 e. The van der Waals surface area contributed by atoms with E-state index in [1.807, 2.05) is 6.92 Å². The van der Waals surface area contributed by atoms with Crippen molar-refractivity contribution < 1.29 is 9.72 Å². The first-order valence-corrected chi connectivity index (χ1v) is 5.28. The lowest BCUT2D eigenvalue weighted by molar-refractivity contribution is -0.383. The lowest BCUT2D eigenvalue weighted by atomic mass is 9.95. The normalized spacial score (nSPS) is 11.1. The number of nitrogens with zero attached hydrogens (tertiary/aromatic N) is 1. The van der Waals surface area contributed by atoms with Crippen LogP contribution in [-0.4, -0.2) is 10.8 Å². The van der Waals surface area contributed by atoms with Gasteiger partial charge in [0, 0.05) is 11.5 Å². The van der Waals surface area contributed by atoms with Crippen molar-refractivity contribution in [1.82, 2.24) is 0 Å². The van der Waals surface area contributed by atoms with Crippen LogP contribution in [0.15, 0.2) is 18.2 Å². The molecule has 1 rings (SSSR count). The van der Waals surface area contributed by atoms with Gasteiger partial charge in [0.25, 0.3) is 5.69 Å². The maximum absolute atomic E-state index is 11.8. The summed E-state index contributed by atoms with van der Waals surface area (Å²) in [6, 6.07) is 4.64. The van der Waals surface area contributed by atoms with Gasteiger partial charge in [-0.15, -0.1) is 0 Å². The number of rotatable bonds is 2. The fourth-order valence-electron chi connectivity index (χ4n) is 1.22. The number of carbonyl (C=O) groups excluding carboxylic acids is 1. The van der Waals surface area contributed by atoms with Gasteiger partial charge in [0.2, 0.25) is 5.91 Å². The molecule has 0 radical (unpaired) electrons. The molecule has 0 aliphatic heterocycles. The first-order chi connectivity index (χ1) is 7.71. The Labute approximate surface area is 100.0 Å². The first kappa shape index (κ1) is 13.2. The molecule has 1 aromatic carbocycles. The van der Waals surface area contributed by atoms with Gasteiger partial charge in [-0.2, -0.15) is 0 Å². The Bertz CT molecular complexity index is 461. The molecule has 5 nitrogen and oxygen atoms in total. The van der Waals surface area contributed by atoms with Gasteiger partial charge in [-0.3, -0.25) is 14.9 Å². The van der Waals surface area contributed by atoms with Crippen molar-refractivity contribution in [3.8, 4) is 0 Å². The second-order valence-electron chi connectivity index (χ2n) is 4.98. The molecule has 92 valence electrons. The van der Waals surface area contributed by atoms with E-state index >= 15 is 0 Å². The van der Waals surface area contributed by atoms with E-state index in [2.05, 4.69) is 5.32 Å². The van der Waals surface area contributed by atoms with Crippen LogP contribution < -0.4 is 5.32 Å². The first-order valence-electron chi connectivity index (χ1n) is 5.28. The summed E-state index contributed by atoms with van der Waals surface area (Å²) in [5, 5.41) is 13.4. The van der Waals surface area contributed by atoms with Gasteiger partial charge in [-0.05, 0) is 18.6 Å². The molecule has 1 aromatic rings. The van der Waals surface area contributed by atoms with E-state index < -0.39 is 10.3 Å². The van der Waals surface area contributed by atoms with E-state index in [0.29, 0.717) is 0 Å². The number of carbonyl (C=O) groups is 1. The van der Waals surface area contributed by atoms with Gasteiger partial charge in [-0.1, -0.05) is 26.8 Å². The number of hydrogen-bond acceptors (Lipinski definition) is 3. The molecular weight excluding hydrogens is 220 g/mol. The minimum Gasteiger partial charge on any atom is -0.320 e. The summed E-state index contributed by atoms with van der Waals surface area (Å²) in [4.78, 5) is 22.1. The number of anilines is 1. The highest BCUT2D eigenvalue weighted by atomic mass is 16.6. The molecule has 0 heterocycles. The summed E-state index contributed by atoms with van der Waals surface area (Å²) in [5.41, 5.74) is 0.431. The highest BCUT2D eigenvalue weighted by molar-refractivity contribution is 5.96. The predicted molar refractivity (Wildman–Crippen MR) is 65.9 cm³/mol. The smallest absolute Gasteiger partial charge is 0.292 e. The van der Waals surface area contributed by atoms with E-state index in [1.54, 1.807) is 32.9 Å². The minimum absolute atomic E-state index is 0.0896. The molecule has 0 aromatic heterocycles. The molecular formula is C12H16N2O3. The highest BCUT2D eigenvalue weighted by Gasteiger charge is 2.24. The zero-order chi connectivity index (χ0) is 13.2.